The number of nitrogens with zero attached hydrogens (tertiary/aromatic N) is 2. The molecular formula is C39H42N4O5S. The largest absolute Gasteiger partial charge is 0.368 e. The molecule has 254 valence electrons. The van der Waals surface area contributed by atoms with Gasteiger partial charge in [0.1, 0.15) is 12.1 Å². The van der Waals surface area contributed by atoms with E-state index in [9.17, 15) is 22.8 Å². The molecule has 5 aromatic rings. The fourth-order valence-electron chi connectivity index (χ4n) is 6.32. The lowest BCUT2D eigenvalue weighted by Crippen LogP contribution is -2.59. The molecule has 0 aliphatic carbocycles. The number of amides is 3. The Hall–Kier alpha value is -5.22. The number of hydrogen-bond acceptors (Lipinski definition) is 5. The van der Waals surface area contributed by atoms with E-state index in [2.05, 4.69) is 4.98 Å². The van der Waals surface area contributed by atoms with Crippen LogP contribution in [-0.4, -0.2) is 65.2 Å². The summed E-state index contributed by atoms with van der Waals surface area (Å²) in [4.78, 5) is 46.5. The first kappa shape index (κ1) is 35.1. The van der Waals surface area contributed by atoms with Gasteiger partial charge in [0.15, 0.2) is 0 Å². The Kier molecular flexibility index (Phi) is 10.7. The summed E-state index contributed by atoms with van der Waals surface area (Å²) in [6, 6.07) is 27.4. The first-order valence-corrected chi connectivity index (χ1v) is 17.9. The van der Waals surface area contributed by atoms with Crippen LogP contribution in [0, 0.1) is 13.8 Å². The number of aryl methyl sites for hydroxylation is 2. The molecule has 0 radical (unpaired) electrons. The first-order chi connectivity index (χ1) is 23.4. The Morgan fingerprint density at radius 1 is 0.796 bits per heavy atom. The number of nitrogens with two attached hydrogens (primary N) is 1. The van der Waals surface area contributed by atoms with Crippen LogP contribution in [-0.2, 0) is 32.5 Å². The molecule has 2 atom stereocenters. The summed E-state index contributed by atoms with van der Waals surface area (Å²) < 4.78 is 28.7. The van der Waals surface area contributed by atoms with Gasteiger partial charge < -0.3 is 15.6 Å². The summed E-state index contributed by atoms with van der Waals surface area (Å²) >= 11 is 0. The van der Waals surface area contributed by atoms with Crippen LogP contribution in [0.2, 0.25) is 0 Å². The van der Waals surface area contributed by atoms with Crippen molar-refractivity contribution >= 4 is 38.6 Å². The summed E-state index contributed by atoms with van der Waals surface area (Å²) in [6.45, 7) is 5.44. The maximum atomic E-state index is 14.8. The van der Waals surface area contributed by atoms with Crippen LogP contribution in [0.4, 0.5) is 0 Å². The Morgan fingerprint density at radius 2 is 1.41 bits per heavy atom. The van der Waals surface area contributed by atoms with Gasteiger partial charge in [-0.25, -0.2) is 12.7 Å². The maximum Gasteiger partial charge on any atom is 0.259 e. The van der Waals surface area contributed by atoms with Crippen LogP contribution in [0.25, 0.3) is 22.0 Å². The van der Waals surface area contributed by atoms with Crippen LogP contribution >= 0.6 is 0 Å². The predicted molar refractivity (Wildman–Crippen MR) is 193 cm³/mol. The smallest absolute Gasteiger partial charge is 0.259 e. The molecular weight excluding hydrogens is 637 g/mol. The van der Waals surface area contributed by atoms with E-state index >= 15 is 0 Å². The second-order valence-corrected chi connectivity index (χ2v) is 14.5. The van der Waals surface area contributed by atoms with Crippen molar-refractivity contribution in [1.82, 2.24) is 14.2 Å². The highest BCUT2D eigenvalue weighted by molar-refractivity contribution is 7.89. The molecule has 0 spiro atoms. The Bertz CT molecular complexity index is 2050. The van der Waals surface area contributed by atoms with Crippen LogP contribution < -0.4 is 5.73 Å². The SMILES string of the molecule is CCCS(=O)(=O)N(C(=O)[C@H](Cc1ccc(-c2ccccc2)cc1)N(C)C(=O)c1cc(C)cc(C)c1)[C@@H](Cc1c[nH]c2ccccc12)C(N)=O. The van der Waals surface area contributed by atoms with Crippen molar-refractivity contribution in [2.45, 2.75) is 52.1 Å². The number of aromatic nitrogens is 1. The zero-order valence-corrected chi connectivity index (χ0v) is 29.0. The quantitative estimate of drug-likeness (QED) is 0.162. The lowest BCUT2D eigenvalue weighted by Gasteiger charge is -2.35. The number of likely N-dealkylation sites (N-methyl/N-ethyl adjacent to an activating group) is 1. The number of primary amides is 1. The number of fused-ring (bicyclic) bond motifs is 1. The number of rotatable bonds is 13. The van der Waals surface area contributed by atoms with E-state index in [4.69, 9.17) is 5.73 Å². The molecule has 1 heterocycles. The molecule has 0 saturated carbocycles. The van der Waals surface area contributed by atoms with Crippen LogP contribution in [0.5, 0.6) is 0 Å². The number of carbonyl (C=O) groups is 3. The van der Waals surface area contributed by atoms with Gasteiger partial charge >= 0.3 is 0 Å². The molecule has 3 N–H and O–H groups in total. The molecule has 0 saturated heterocycles. The van der Waals surface area contributed by atoms with Gasteiger partial charge in [0.2, 0.25) is 15.9 Å². The van der Waals surface area contributed by atoms with E-state index in [-0.39, 0.29) is 25.0 Å². The fraction of sp³-hybridized carbons (Fsp3) is 0.256. The normalized spacial score (nSPS) is 12.7. The minimum absolute atomic E-state index is 0.00233. The first-order valence-electron chi connectivity index (χ1n) is 16.3. The van der Waals surface area contributed by atoms with Crippen molar-refractivity contribution in [3.8, 4) is 11.1 Å². The monoisotopic (exact) mass is 678 g/mol. The van der Waals surface area contributed by atoms with Gasteiger partial charge in [-0.3, -0.25) is 14.4 Å². The fourth-order valence-corrected chi connectivity index (χ4v) is 7.99. The van der Waals surface area contributed by atoms with Crippen LogP contribution in [0.15, 0.2) is 103 Å². The van der Waals surface area contributed by atoms with E-state index in [1.165, 1.54) is 11.9 Å². The summed E-state index contributed by atoms with van der Waals surface area (Å²) in [7, 11) is -2.86. The highest BCUT2D eigenvalue weighted by Gasteiger charge is 2.43. The number of benzene rings is 4. The van der Waals surface area contributed by atoms with Gasteiger partial charge in [0.25, 0.3) is 11.8 Å². The van der Waals surface area contributed by atoms with Gasteiger partial charge in [0, 0.05) is 42.6 Å². The molecule has 0 aliphatic rings. The molecule has 0 unspecified atom stereocenters. The molecule has 10 heteroatoms. The lowest BCUT2D eigenvalue weighted by molar-refractivity contribution is -0.137. The van der Waals surface area contributed by atoms with Crippen molar-refractivity contribution in [1.29, 1.82) is 0 Å². The zero-order chi connectivity index (χ0) is 35.3. The summed E-state index contributed by atoms with van der Waals surface area (Å²) in [5.74, 6) is -2.70. The molecule has 0 bridgehead atoms. The molecule has 9 nitrogen and oxygen atoms in total. The van der Waals surface area contributed by atoms with Crippen LogP contribution in [0.1, 0.15) is 46.0 Å². The van der Waals surface area contributed by atoms with Gasteiger partial charge in [0.05, 0.1) is 5.75 Å². The minimum Gasteiger partial charge on any atom is -0.368 e. The van der Waals surface area contributed by atoms with Crippen molar-refractivity contribution < 1.29 is 22.8 Å². The third-order valence-electron chi connectivity index (χ3n) is 8.71. The number of hydrogen-bond donors (Lipinski definition) is 2. The van der Waals surface area contributed by atoms with Gasteiger partial charge in [-0.2, -0.15) is 0 Å². The Labute approximate surface area is 287 Å². The average molecular weight is 679 g/mol. The van der Waals surface area contributed by atoms with E-state index < -0.39 is 39.8 Å². The number of aromatic amines is 1. The van der Waals surface area contributed by atoms with Gasteiger partial charge in [-0.1, -0.05) is 96.9 Å². The van der Waals surface area contributed by atoms with Gasteiger partial charge in [-0.15, -0.1) is 0 Å². The van der Waals surface area contributed by atoms with Crippen molar-refractivity contribution in [3.05, 3.63) is 131 Å². The summed E-state index contributed by atoms with van der Waals surface area (Å²) in [6.07, 6.45) is 1.75. The molecule has 5 rings (SSSR count). The third kappa shape index (κ3) is 7.92. The maximum absolute atomic E-state index is 14.8. The summed E-state index contributed by atoms with van der Waals surface area (Å²) in [5.41, 5.74) is 12.2. The zero-order valence-electron chi connectivity index (χ0n) is 28.2. The van der Waals surface area contributed by atoms with E-state index in [0.717, 1.165) is 33.2 Å². The second-order valence-electron chi connectivity index (χ2n) is 12.5. The molecule has 49 heavy (non-hydrogen) atoms. The van der Waals surface area contributed by atoms with E-state index in [0.29, 0.717) is 21.0 Å². The number of carbonyl (C=O) groups excluding carboxylic acids is 3. The average Bonchev–Trinajstić information content (AvgIpc) is 3.49. The molecule has 3 amide bonds. The number of sulfonamides is 1. The van der Waals surface area contributed by atoms with Gasteiger partial charge in [-0.05, 0) is 60.7 Å². The van der Waals surface area contributed by atoms with Crippen LogP contribution in [0.3, 0.4) is 0 Å². The molecule has 4 aromatic carbocycles. The van der Waals surface area contributed by atoms with E-state index in [1.54, 1.807) is 25.3 Å². The number of nitrogens with one attached hydrogen (secondary N) is 1. The topological polar surface area (TPSA) is 134 Å². The second kappa shape index (κ2) is 14.9. The Balaban J connectivity index is 1.59. The van der Waals surface area contributed by atoms with Crippen molar-refractivity contribution in [3.63, 3.8) is 0 Å². The van der Waals surface area contributed by atoms with Crippen molar-refractivity contribution in [2.75, 3.05) is 12.8 Å². The minimum atomic E-state index is -4.35. The number of para-hydroxylation sites is 1. The molecule has 0 aliphatic heterocycles. The standard InChI is InChI=1S/C39H42N4O5S/c1-5-19-49(47,48)43(35(37(40)44)24-32-25-41-34-14-10-9-13-33(32)34)39(46)36(42(4)38(45)31-21-26(2)20-27(3)22-31)23-28-15-17-30(18-16-28)29-11-7-6-8-12-29/h6-18,20-22,25,35-36,41H,5,19,23-24H2,1-4H3,(H2,40,44)/t35-,36-/m0/s1. The van der Waals surface area contributed by atoms with Crippen molar-refractivity contribution in [2.24, 2.45) is 5.73 Å². The Morgan fingerprint density at radius 3 is 2.04 bits per heavy atom. The lowest BCUT2D eigenvalue weighted by atomic mass is 9.98. The highest BCUT2D eigenvalue weighted by atomic mass is 32.2. The molecule has 1 aromatic heterocycles. The summed E-state index contributed by atoms with van der Waals surface area (Å²) in [5, 5.41) is 0.784. The van der Waals surface area contributed by atoms with E-state index in [1.807, 2.05) is 98.8 Å². The number of H-pyrrole nitrogens is 1. The predicted octanol–water partition coefficient (Wildman–Crippen LogP) is 5.80. The highest BCUT2D eigenvalue weighted by Crippen LogP contribution is 2.26. The molecule has 0 fully saturated rings. The third-order valence-corrected chi connectivity index (χ3v) is 10.7.